The summed E-state index contributed by atoms with van der Waals surface area (Å²) in [5.41, 5.74) is 1.76. The minimum atomic E-state index is -0.578. The molecule has 0 N–H and O–H groups in total. The zero-order valence-corrected chi connectivity index (χ0v) is 12.7. The van der Waals surface area contributed by atoms with E-state index in [0.29, 0.717) is 22.4 Å². The van der Waals surface area contributed by atoms with Crippen molar-refractivity contribution in [2.75, 3.05) is 0 Å². The van der Waals surface area contributed by atoms with Gasteiger partial charge in [-0.05, 0) is 36.4 Å². The van der Waals surface area contributed by atoms with E-state index in [-0.39, 0.29) is 0 Å². The van der Waals surface area contributed by atoms with E-state index in [1.54, 1.807) is 12.1 Å². The summed E-state index contributed by atoms with van der Waals surface area (Å²) in [4.78, 5) is 23.8. The van der Waals surface area contributed by atoms with Crippen molar-refractivity contribution in [3.8, 4) is 11.8 Å². The molecule has 0 bridgehead atoms. The van der Waals surface area contributed by atoms with Gasteiger partial charge in [-0.15, -0.1) is 0 Å². The molecule has 0 radical (unpaired) electrons. The fraction of sp³-hybridized carbons (Fsp3) is 0.300. The lowest BCUT2D eigenvalue weighted by Gasteiger charge is -2.17. The van der Waals surface area contributed by atoms with E-state index in [2.05, 4.69) is 11.8 Å². The number of ether oxygens (including phenoxy) is 1. The van der Waals surface area contributed by atoms with Crippen molar-refractivity contribution in [1.29, 1.82) is 0 Å². The van der Waals surface area contributed by atoms with Crippen LogP contribution in [0.25, 0.3) is 10.8 Å². The summed E-state index contributed by atoms with van der Waals surface area (Å²) in [6.07, 6.45) is 6.15. The summed E-state index contributed by atoms with van der Waals surface area (Å²) >= 11 is 0. The Kier molecular flexibility index (Phi) is 3.38. The fourth-order valence-electron chi connectivity index (χ4n) is 3.48. The van der Waals surface area contributed by atoms with Crippen LogP contribution in [0.15, 0.2) is 30.3 Å². The summed E-state index contributed by atoms with van der Waals surface area (Å²) in [6.45, 7) is 0. The second kappa shape index (κ2) is 5.55. The summed E-state index contributed by atoms with van der Waals surface area (Å²) in [5, 5.41) is 1.53. The molecule has 0 saturated heterocycles. The van der Waals surface area contributed by atoms with Crippen LogP contribution in [-0.2, 0) is 4.74 Å². The van der Waals surface area contributed by atoms with Gasteiger partial charge in [0.2, 0.25) is 0 Å². The van der Waals surface area contributed by atoms with Crippen molar-refractivity contribution in [3.05, 3.63) is 47.0 Å². The SMILES string of the molecule is O=C1OC(=O)c2ccc(C#CC3CCCCC3)c3cccc1c23. The van der Waals surface area contributed by atoms with Crippen LogP contribution in [0.3, 0.4) is 0 Å². The first-order valence-corrected chi connectivity index (χ1v) is 8.08. The highest BCUT2D eigenvalue weighted by Gasteiger charge is 2.27. The van der Waals surface area contributed by atoms with Crippen molar-refractivity contribution in [2.45, 2.75) is 32.1 Å². The highest BCUT2D eigenvalue weighted by atomic mass is 16.6. The number of rotatable bonds is 0. The summed E-state index contributed by atoms with van der Waals surface area (Å²) in [5.74, 6) is 5.96. The minimum absolute atomic E-state index is 0.443. The molecule has 1 aliphatic heterocycles. The first-order valence-electron chi connectivity index (χ1n) is 8.08. The number of carbonyl (C=O) groups is 2. The maximum Gasteiger partial charge on any atom is 0.346 e. The molecule has 2 aromatic carbocycles. The molecular formula is C20H16O3. The lowest BCUT2D eigenvalue weighted by molar-refractivity contribution is 0.0391. The second-order valence-electron chi connectivity index (χ2n) is 6.17. The Labute approximate surface area is 134 Å². The van der Waals surface area contributed by atoms with Crippen LogP contribution in [-0.4, -0.2) is 11.9 Å². The summed E-state index contributed by atoms with van der Waals surface area (Å²) in [6, 6.07) is 8.99. The molecule has 3 nitrogen and oxygen atoms in total. The van der Waals surface area contributed by atoms with Crippen molar-refractivity contribution in [3.63, 3.8) is 0 Å². The largest absolute Gasteiger partial charge is 0.386 e. The quantitative estimate of drug-likeness (QED) is 0.418. The van der Waals surface area contributed by atoms with Crippen LogP contribution in [0, 0.1) is 17.8 Å². The van der Waals surface area contributed by atoms with Crippen LogP contribution >= 0.6 is 0 Å². The van der Waals surface area contributed by atoms with Gasteiger partial charge in [0.15, 0.2) is 0 Å². The Morgan fingerprint density at radius 1 is 0.913 bits per heavy atom. The smallest absolute Gasteiger partial charge is 0.346 e. The number of esters is 2. The second-order valence-corrected chi connectivity index (χ2v) is 6.17. The monoisotopic (exact) mass is 304 g/mol. The molecule has 4 rings (SSSR count). The van der Waals surface area contributed by atoms with E-state index in [0.717, 1.165) is 10.9 Å². The molecule has 1 saturated carbocycles. The predicted octanol–water partition coefficient (Wildman–Crippen LogP) is 4.08. The van der Waals surface area contributed by atoms with Gasteiger partial charge in [-0.3, -0.25) is 0 Å². The third kappa shape index (κ3) is 2.41. The molecule has 0 unspecified atom stereocenters. The van der Waals surface area contributed by atoms with Gasteiger partial charge in [-0.2, -0.15) is 0 Å². The Morgan fingerprint density at radius 2 is 1.65 bits per heavy atom. The maximum atomic E-state index is 11.9. The molecule has 0 atom stereocenters. The third-order valence-electron chi connectivity index (χ3n) is 4.68. The Hall–Kier alpha value is -2.60. The minimum Gasteiger partial charge on any atom is -0.386 e. The Bertz CT molecular complexity index is 857. The normalized spacial score (nSPS) is 17.6. The molecule has 3 heteroatoms. The van der Waals surface area contributed by atoms with Gasteiger partial charge in [0.1, 0.15) is 0 Å². The van der Waals surface area contributed by atoms with Gasteiger partial charge in [-0.25, -0.2) is 9.59 Å². The predicted molar refractivity (Wildman–Crippen MR) is 87.1 cm³/mol. The molecule has 0 aromatic heterocycles. The van der Waals surface area contributed by atoms with Gasteiger partial charge in [0.05, 0.1) is 11.1 Å². The molecular weight excluding hydrogens is 288 g/mol. The standard InChI is InChI=1S/C20H16O3/c21-19-16-8-4-7-15-14(10-9-13-5-2-1-3-6-13)11-12-17(18(15)16)20(22)23-19/h4,7-8,11-13H,1-3,5-6H2. The zero-order chi connectivity index (χ0) is 15.8. The molecule has 0 amide bonds. The highest BCUT2D eigenvalue weighted by molar-refractivity contribution is 6.21. The topological polar surface area (TPSA) is 43.4 Å². The van der Waals surface area contributed by atoms with Crippen LogP contribution in [0.5, 0.6) is 0 Å². The van der Waals surface area contributed by atoms with Gasteiger partial charge < -0.3 is 4.74 Å². The number of cyclic esters (lactones) is 2. The van der Waals surface area contributed by atoms with Crippen LogP contribution in [0.2, 0.25) is 0 Å². The van der Waals surface area contributed by atoms with E-state index in [9.17, 15) is 9.59 Å². The van der Waals surface area contributed by atoms with Gasteiger partial charge in [0.25, 0.3) is 0 Å². The zero-order valence-electron chi connectivity index (χ0n) is 12.7. The molecule has 1 heterocycles. The fourth-order valence-corrected chi connectivity index (χ4v) is 3.48. The average molecular weight is 304 g/mol. The van der Waals surface area contributed by atoms with Crippen molar-refractivity contribution < 1.29 is 14.3 Å². The van der Waals surface area contributed by atoms with Gasteiger partial charge in [0, 0.05) is 16.9 Å². The lowest BCUT2D eigenvalue weighted by Crippen LogP contribution is -2.19. The average Bonchev–Trinajstić information content (AvgIpc) is 2.59. The summed E-state index contributed by atoms with van der Waals surface area (Å²) in [7, 11) is 0. The van der Waals surface area contributed by atoms with Crippen LogP contribution in [0.1, 0.15) is 58.4 Å². The highest BCUT2D eigenvalue weighted by Crippen LogP contribution is 2.31. The molecule has 2 aliphatic rings. The number of benzene rings is 2. The number of hydrogen-bond acceptors (Lipinski definition) is 3. The summed E-state index contributed by atoms with van der Waals surface area (Å²) < 4.78 is 4.78. The molecule has 23 heavy (non-hydrogen) atoms. The molecule has 1 aliphatic carbocycles. The van der Waals surface area contributed by atoms with E-state index in [4.69, 9.17) is 4.74 Å². The maximum absolute atomic E-state index is 11.9. The molecule has 0 spiro atoms. The first-order chi connectivity index (χ1) is 11.2. The molecule has 1 fully saturated rings. The van der Waals surface area contributed by atoms with Crippen molar-refractivity contribution >= 4 is 22.7 Å². The first kappa shape index (κ1) is 14.0. The lowest BCUT2D eigenvalue weighted by atomic mass is 9.89. The van der Waals surface area contributed by atoms with Crippen LogP contribution < -0.4 is 0 Å². The van der Waals surface area contributed by atoms with E-state index in [1.165, 1.54) is 32.1 Å². The van der Waals surface area contributed by atoms with Gasteiger partial charge >= 0.3 is 11.9 Å². The van der Waals surface area contributed by atoms with Crippen LogP contribution in [0.4, 0.5) is 0 Å². The van der Waals surface area contributed by atoms with Crippen molar-refractivity contribution in [2.24, 2.45) is 5.92 Å². The molecule has 114 valence electrons. The van der Waals surface area contributed by atoms with E-state index in [1.807, 2.05) is 18.2 Å². The number of hydrogen-bond donors (Lipinski definition) is 0. The van der Waals surface area contributed by atoms with E-state index >= 15 is 0 Å². The van der Waals surface area contributed by atoms with E-state index < -0.39 is 11.9 Å². The number of carbonyl (C=O) groups excluding carboxylic acids is 2. The Balaban J connectivity index is 1.84. The van der Waals surface area contributed by atoms with Crippen molar-refractivity contribution in [1.82, 2.24) is 0 Å². The third-order valence-corrected chi connectivity index (χ3v) is 4.68. The Morgan fingerprint density at radius 3 is 2.43 bits per heavy atom. The van der Waals surface area contributed by atoms with Gasteiger partial charge in [-0.1, -0.05) is 43.2 Å². The molecule has 2 aromatic rings.